The van der Waals surface area contributed by atoms with Crippen molar-refractivity contribution in [3.63, 3.8) is 0 Å². The molecule has 0 N–H and O–H groups in total. The Labute approximate surface area is 101 Å². The van der Waals surface area contributed by atoms with E-state index in [9.17, 15) is 9.18 Å². The number of Topliss-reactive ketones (excluding diaryl/α,β-unsaturated/α-hetero) is 1. The van der Waals surface area contributed by atoms with Crippen LogP contribution in [0.15, 0.2) is 24.3 Å². The number of benzene rings is 1. The fraction of sp³-hybridized carbons (Fsp3) is 0.500. The second-order valence-corrected chi connectivity index (χ2v) is 4.95. The normalized spacial score (nSPS) is 20.2. The summed E-state index contributed by atoms with van der Waals surface area (Å²) in [5.41, 5.74) is 0.555. The highest BCUT2D eigenvalue weighted by Gasteiger charge is 2.39. The zero-order valence-electron chi connectivity index (χ0n) is 10.4. The van der Waals surface area contributed by atoms with Gasteiger partial charge in [-0.2, -0.15) is 0 Å². The average Bonchev–Trinajstić information content (AvgIpc) is 2.31. The van der Waals surface area contributed by atoms with E-state index < -0.39 is 5.41 Å². The molecule has 0 radical (unpaired) electrons. The first-order valence-electron chi connectivity index (χ1n) is 6.00. The van der Waals surface area contributed by atoms with Gasteiger partial charge in [-0.15, -0.1) is 0 Å². The van der Waals surface area contributed by atoms with E-state index in [1.807, 2.05) is 0 Å². The summed E-state index contributed by atoms with van der Waals surface area (Å²) in [6.07, 6.45) is 1.65. The van der Waals surface area contributed by atoms with E-state index in [0.29, 0.717) is 0 Å². The van der Waals surface area contributed by atoms with Gasteiger partial charge in [0.05, 0.1) is 5.41 Å². The van der Waals surface area contributed by atoms with E-state index in [1.165, 1.54) is 12.1 Å². The van der Waals surface area contributed by atoms with E-state index in [2.05, 4.69) is 11.9 Å². The standard InChI is InChI=1S/C14H18FNO/c1-11(17)14(7-9-16(2)10-8-14)12-3-5-13(15)6-4-12/h3-6H,7-10H2,1-2H3. The van der Waals surface area contributed by atoms with Gasteiger partial charge >= 0.3 is 0 Å². The quantitative estimate of drug-likeness (QED) is 0.784. The van der Waals surface area contributed by atoms with Crippen molar-refractivity contribution in [1.29, 1.82) is 0 Å². The maximum Gasteiger partial charge on any atom is 0.140 e. The molecule has 2 nitrogen and oxygen atoms in total. The fourth-order valence-corrected chi connectivity index (χ4v) is 2.61. The molecule has 1 fully saturated rings. The molecular weight excluding hydrogens is 217 g/mol. The van der Waals surface area contributed by atoms with Gasteiger partial charge < -0.3 is 4.90 Å². The summed E-state index contributed by atoms with van der Waals surface area (Å²) >= 11 is 0. The van der Waals surface area contributed by atoms with Gasteiger partial charge in [0.2, 0.25) is 0 Å². The van der Waals surface area contributed by atoms with Gasteiger partial charge in [-0.1, -0.05) is 12.1 Å². The van der Waals surface area contributed by atoms with Crippen LogP contribution in [0, 0.1) is 5.82 Å². The third-order valence-corrected chi connectivity index (χ3v) is 3.91. The Morgan fingerprint density at radius 3 is 2.24 bits per heavy atom. The second-order valence-electron chi connectivity index (χ2n) is 4.95. The molecule has 1 aromatic carbocycles. The molecule has 1 saturated heterocycles. The summed E-state index contributed by atoms with van der Waals surface area (Å²) < 4.78 is 12.9. The third kappa shape index (κ3) is 2.25. The molecule has 1 aliphatic rings. The number of nitrogens with zero attached hydrogens (tertiary/aromatic N) is 1. The number of piperidine rings is 1. The van der Waals surface area contributed by atoms with E-state index in [1.54, 1.807) is 19.1 Å². The van der Waals surface area contributed by atoms with Crippen LogP contribution in [0.25, 0.3) is 0 Å². The van der Waals surface area contributed by atoms with Crippen LogP contribution in [0.2, 0.25) is 0 Å². The van der Waals surface area contributed by atoms with Crippen molar-refractivity contribution in [2.45, 2.75) is 25.2 Å². The van der Waals surface area contributed by atoms with Gasteiger partial charge in [0.15, 0.2) is 0 Å². The molecule has 0 amide bonds. The Morgan fingerprint density at radius 2 is 1.76 bits per heavy atom. The van der Waals surface area contributed by atoms with Gasteiger partial charge in [0.1, 0.15) is 11.6 Å². The molecule has 17 heavy (non-hydrogen) atoms. The minimum atomic E-state index is -0.403. The molecule has 1 aliphatic heterocycles. The molecule has 0 saturated carbocycles. The van der Waals surface area contributed by atoms with Crippen LogP contribution in [-0.2, 0) is 10.2 Å². The third-order valence-electron chi connectivity index (χ3n) is 3.91. The SMILES string of the molecule is CC(=O)C1(c2ccc(F)cc2)CCN(C)CC1. The number of rotatable bonds is 2. The number of hydrogen-bond acceptors (Lipinski definition) is 2. The Hall–Kier alpha value is -1.22. The first-order valence-corrected chi connectivity index (χ1v) is 6.00. The number of hydrogen-bond donors (Lipinski definition) is 0. The van der Waals surface area contributed by atoms with Crippen LogP contribution < -0.4 is 0 Å². The van der Waals surface area contributed by atoms with E-state index in [0.717, 1.165) is 31.5 Å². The van der Waals surface area contributed by atoms with Crippen molar-refractivity contribution in [1.82, 2.24) is 4.90 Å². The molecular formula is C14H18FNO. The highest BCUT2D eigenvalue weighted by atomic mass is 19.1. The van der Waals surface area contributed by atoms with Gasteiger partial charge in [0, 0.05) is 0 Å². The molecule has 92 valence electrons. The van der Waals surface area contributed by atoms with Crippen LogP contribution in [0.3, 0.4) is 0 Å². The molecule has 1 heterocycles. The van der Waals surface area contributed by atoms with Gasteiger partial charge in [-0.25, -0.2) is 4.39 Å². The molecule has 0 aliphatic carbocycles. The lowest BCUT2D eigenvalue weighted by molar-refractivity contribution is -0.124. The Kier molecular flexibility index (Phi) is 3.29. The minimum Gasteiger partial charge on any atom is -0.306 e. The zero-order chi connectivity index (χ0) is 12.5. The maximum absolute atomic E-state index is 12.9. The van der Waals surface area contributed by atoms with Gasteiger partial charge in [-0.05, 0) is 57.6 Å². The lowest BCUT2D eigenvalue weighted by atomic mass is 9.70. The van der Waals surface area contributed by atoms with E-state index >= 15 is 0 Å². The largest absolute Gasteiger partial charge is 0.306 e. The molecule has 0 atom stereocenters. The molecule has 0 bridgehead atoms. The number of carbonyl (C=O) groups excluding carboxylic acids is 1. The molecule has 0 spiro atoms. The van der Waals surface area contributed by atoms with Crippen molar-refractivity contribution < 1.29 is 9.18 Å². The number of halogens is 1. The van der Waals surface area contributed by atoms with Crippen LogP contribution in [0.4, 0.5) is 4.39 Å². The van der Waals surface area contributed by atoms with Crippen molar-refractivity contribution in [3.8, 4) is 0 Å². The highest BCUT2D eigenvalue weighted by Crippen LogP contribution is 2.36. The minimum absolute atomic E-state index is 0.192. The Morgan fingerprint density at radius 1 is 1.24 bits per heavy atom. The molecule has 0 aromatic heterocycles. The monoisotopic (exact) mass is 235 g/mol. The molecule has 0 unspecified atom stereocenters. The van der Waals surface area contributed by atoms with E-state index in [-0.39, 0.29) is 11.6 Å². The Bertz CT molecular complexity index is 405. The lowest BCUT2D eigenvalue weighted by Gasteiger charge is -2.39. The summed E-state index contributed by atoms with van der Waals surface area (Å²) in [6.45, 7) is 3.47. The predicted octanol–water partition coefficient (Wildman–Crippen LogP) is 2.38. The van der Waals surface area contributed by atoms with Crippen molar-refractivity contribution in [2.75, 3.05) is 20.1 Å². The zero-order valence-corrected chi connectivity index (χ0v) is 10.4. The predicted molar refractivity (Wildman–Crippen MR) is 65.5 cm³/mol. The Balaban J connectivity index is 2.35. The number of carbonyl (C=O) groups is 1. The summed E-state index contributed by atoms with van der Waals surface area (Å²) in [4.78, 5) is 14.2. The topological polar surface area (TPSA) is 20.3 Å². The first-order chi connectivity index (χ1) is 8.04. The summed E-state index contributed by atoms with van der Waals surface area (Å²) in [5.74, 6) is -0.0578. The van der Waals surface area contributed by atoms with E-state index in [4.69, 9.17) is 0 Å². The first kappa shape index (κ1) is 12.2. The van der Waals surface area contributed by atoms with Crippen molar-refractivity contribution in [3.05, 3.63) is 35.6 Å². The van der Waals surface area contributed by atoms with Crippen LogP contribution >= 0.6 is 0 Å². The van der Waals surface area contributed by atoms with Crippen molar-refractivity contribution >= 4 is 5.78 Å². The number of ketones is 1. The van der Waals surface area contributed by atoms with Crippen molar-refractivity contribution in [2.24, 2.45) is 0 Å². The molecule has 2 rings (SSSR count). The fourth-order valence-electron chi connectivity index (χ4n) is 2.61. The van der Waals surface area contributed by atoms with Crippen LogP contribution in [0.5, 0.6) is 0 Å². The average molecular weight is 235 g/mol. The highest BCUT2D eigenvalue weighted by molar-refractivity contribution is 5.88. The summed E-state index contributed by atoms with van der Waals surface area (Å²) in [6, 6.07) is 6.39. The number of likely N-dealkylation sites (tertiary alicyclic amines) is 1. The smallest absolute Gasteiger partial charge is 0.140 e. The molecule has 1 aromatic rings. The summed E-state index contributed by atoms with van der Waals surface area (Å²) in [5, 5.41) is 0. The second kappa shape index (κ2) is 4.57. The summed E-state index contributed by atoms with van der Waals surface area (Å²) in [7, 11) is 2.06. The molecule has 3 heteroatoms. The van der Waals surface area contributed by atoms with Gasteiger partial charge in [0.25, 0.3) is 0 Å². The van der Waals surface area contributed by atoms with Crippen LogP contribution in [0.1, 0.15) is 25.3 Å². The van der Waals surface area contributed by atoms with Gasteiger partial charge in [-0.3, -0.25) is 4.79 Å². The lowest BCUT2D eigenvalue weighted by Crippen LogP contribution is -2.45. The maximum atomic E-state index is 12.9. The van der Waals surface area contributed by atoms with Crippen LogP contribution in [-0.4, -0.2) is 30.8 Å².